The van der Waals surface area contributed by atoms with Gasteiger partial charge in [-0.05, 0) is 30.7 Å². The van der Waals surface area contributed by atoms with Crippen molar-refractivity contribution < 1.29 is 123 Å². The van der Waals surface area contributed by atoms with Gasteiger partial charge >= 0.3 is 53.7 Å². The van der Waals surface area contributed by atoms with Gasteiger partial charge in [0.25, 0.3) is 0 Å². The number of nitrogens with one attached hydrogen (secondary N) is 4. The van der Waals surface area contributed by atoms with Crippen LogP contribution in [0.3, 0.4) is 0 Å². The molecule has 0 aromatic heterocycles. The molecule has 3 aliphatic heterocycles. The van der Waals surface area contributed by atoms with Gasteiger partial charge in [0.1, 0.15) is 0 Å². The quantitative estimate of drug-likeness (QED) is 0.0269. The fraction of sp³-hybridized carbons (Fsp3) is 0.795. The van der Waals surface area contributed by atoms with E-state index in [4.69, 9.17) is 0 Å². The second-order valence-corrected chi connectivity index (χ2v) is 34.1. The van der Waals surface area contributed by atoms with Crippen molar-refractivity contribution in [2.75, 3.05) is 321 Å². The molecular weight excluding hydrogens is 1620 g/mol. The Morgan fingerprint density at radius 1 is 0.236 bits per heavy atom. The highest BCUT2D eigenvalue weighted by Gasteiger charge is 2.37. The van der Waals surface area contributed by atoms with E-state index >= 15 is 0 Å². The van der Waals surface area contributed by atoms with E-state index < -0.39 is 179 Å². The monoisotopic (exact) mass is 1760 g/mol. The molecule has 0 saturated carbocycles. The summed E-state index contributed by atoms with van der Waals surface area (Å²) in [4.78, 5) is 237. The summed E-state index contributed by atoms with van der Waals surface area (Å²) in [7, 11) is 1.73. The Kier molecular flexibility index (Phi) is 50.6. The molecule has 0 atom stereocenters. The minimum atomic E-state index is -1.64. The number of nitrogens with zero attached hydrogens (tertiary/aromatic N) is 16. The number of aliphatic carboxylic acids is 9. The Morgan fingerprint density at radius 3 is 0.512 bits per heavy atom. The van der Waals surface area contributed by atoms with Gasteiger partial charge in [0.2, 0.25) is 41.4 Å². The fourth-order valence-corrected chi connectivity index (χ4v) is 14.5. The number of rotatable bonds is 48. The molecule has 3 heterocycles. The molecule has 45 nitrogen and oxygen atoms in total. The van der Waals surface area contributed by atoms with Crippen molar-refractivity contribution in [3.05, 3.63) is 0 Å². The molecule has 0 bridgehead atoms. The maximum Gasteiger partial charge on any atom is 0.317 e. The molecule has 3 saturated heterocycles. The summed E-state index contributed by atoms with van der Waals surface area (Å²) < 4.78 is 0. The normalized spacial score (nSPS) is 17.4. The number of carbonyl (C=O) groups excluding carboxylic acids is 7. The third kappa shape index (κ3) is 49.9. The van der Waals surface area contributed by atoms with E-state index in [1.807, 2.05) is 55.4 Å². The van der Waals surface area contributed by atoms with Crippen LogP contribution < -0.4 is 21.3 Å². The summed E-state index contributed by atoms with van der Waals surface area (Å²) >= 11 is 0. The molecule has 0 spiro atoms. The summed E-state index contributed by atoms with van der Waals surface area (Å²) in [6.45, 7) is 9.26. The average Bonchev–Trinajstić information content (AvgIpc) is 0.841. The lowest BCUT2D eigenvalue weighted by Gasteiger charge is -2.36. The Balaban J connectivity index is 2.22. The van der Waals surface area contributed by atoms with Crippen molar-refractivity contribution in [1.82, 2.24) is 99.7 Å². The molecule has 0 aromatic carbocycles. The highest BCUT2D eigenvalue weighted by Crippen LogP contribution is 2.17. The first kappa shape index (κ1) is 108. The molecule has 702 valence electrons. The summed E-state index contributed by atoms with van der Waals surface area (Å²) in [6, 6.07) is 0. The predicted octanol–water partition coefficient (Wildman–Crippen LogP) is -7.09. The smallest absolute Gasteiger partial charge is 0.317 e. The molecule has 0 aromatic rings. The molecule has 123 heavy (non-hydrogen) atoms. The van der Waals surface area contributed by atoms with Gasteiger partial charge in [0.05, 0.1) is 105 Å². The van der Waals surface area contributed by atoms with Crippen LogP contribution >= 0.6 is 0 Å². The first-order valence-electron chi connectivity index (χ1n) is 42.0. The van der Waals surface area contributed by atoms with E-state index in [1.165, 1.54) is 14.7 Å². The zero-order chi connectivity index (χ0) is 92.1. The maximum atomic E-state index is 14.9. The van der Waals surface area contributed by atoms with Crippen LogP contribution in [0.2, 0.25) is 0 Å². The van der Waals surface area contributed by atoms with Crippen molar-refractivity contribution in [1.29, 1.82) is 0 Å². The second-order valence-electron chi connectivity index (χ2n) is 34.1. The Labute approximate surface area is 720 Å². The molecule has 3 aliphatic rings. The van der Waals surface area contributed by atoms with Gasteiger partial charge in [0.15, 0.2) is 0 Å². The van der Waals surface area contributed by atoms with Crippen molar-refractivity contribution >= 4 is 95.1 Å². The van der Waals surface area contributed by atoms with Crippen LogP contribution in [0.4, 0.5) is 0 Å². The lowest BCUT2D eigenvalue weighted by molar-refractivity contribution is -0.141. The number of carboxylic acids is 9. The second kappa shape index (κ2) is 57.5. The maximum absolute atomic E-state index is 14.9. The van der Waals surface area contributed by atoms with E-state index in [0.29, 0.717) is 6.54 Å². The molecule has 13 N–H and O–H groups in total. The number of amides is 7. The summed E-state index contributed by atoms with van der Waals surface area (Å²) in [6.07, 6.45) is 0. The third-order valence-electron chi connectivity index (χ3n) is 20.6. The van der Waals surface area contributed by atoms with Crippen molar-refractivity contribution in [3.8, 4) is 0 Å². The van der Waals surface area contributed by atoms with Crippen LogP contribution in [0.25, 0.3) is 0 Å². The van der Waals surface area contributed by atoms with E-state index in [1.54, 1.807) is 70.7 Å². The summed E-state index contributed by atoms with van der Waals surface area (Å²) in [5.41, 5.74) is -1.64. The van der Waals surface area contributed by atoms with Gasteiger partial charge < -0.3 is 81.9 Å². The minimum Gasteiger partial charge on any atom is -0.480 e. The largest absolute Gasteiger partial charge is 0.480 e. The first-order valence-corrected chi connectivity index (χ1v) is 42.0. The number of carboxylic acid groups (broad SMARTS) is 9. The standard InChI is InChI=1S/C78H140N20O25/c1-58(2)34-83(9)38-62(99)79-54-78(55-80-63(100)39-96(35-59(3)4)66(103)42-84-10-16-87(45-69(106)107)22-28-93(51-75(118)119)29-23-88(17-11-84)46-70(108)109,56-81-64(101)40-97(36-60(5)6)67(104)43-85-12-18-89(47-71(110)111)24-30-94(52-76(120)121)31-25-90(19-13-85)48-72(112)113)57-82-65(102)41-98(37-61(7)8)68(105)44-86-14-20-91(49-73(114)115)26-32-95(53-77(122)123)33-27-92(21-15-86)50-74(116)117/h58-61H,10-57H2,1-9H3,(H,79,99)(H,80,100)(H,81,101)(H,82,102)(H,106,107)(H,108,109)(H,110,111)(H,112,113)(H,114,115)(H,116,117)(H,118,119)(H,120,121)(H,122,123). The SMILES string of the molecule is CC(C)CN(C)CC(=O)NCC(CNC(=O)CN(CC(C)C)C(=O)CN1CCN(CC(=O)O)CCN(CC(=O)O)CCN(CC(=O)O)CC1)(CNC(=O)CN(CC(C)C)C(=O)CN1CCN(CC(=O)O)CCN(CC(=O)O)CCN(CC(=O)O)CC1)CNC(=O)CN(CC(C)C)C(=O)CN1CCN(CC(=O)O)CCN(CC(=O)O)CCN(CC(=O)O)CC1. The average molecular weight is 1760 g/mol. The van der Waals surface area contributed by atoms with Gasteiger partial charge in [-0.2, -0.15) is 0 Å². The lowest BCUT2D eigenvalue weighted by atomic mass is 9.86. The van der Waals surface area contributed by atoms with Crippen LogP contribution in [0.5, 0.6) is 0 Å². The summed E-state index contributed by atoms with van der Waals surface area (Å²) in [5, 5.41) is 100. The zero-order valence-corrected chi connectivity index (χ0v) is 73.5. The van der Waals surface area contributed by atoms with Crippen molar-refractivity contribution in [2.45, 2.75) is 55.4 Å². The minimum absolute atomic E-state index is 0.0163. The Bertz CT molecular complexity index is 2990. The topological polar surface area (TPSA) is 555 Å². The van der Waals surface area contributed by atoms with Gasteiger partial charge in [-0.1, -0.05) is 55.4 Å². The van der Waals surface area contributed by atoms with Crippen LogP contribution in [0.15, 0.2) is 0 Å². The number of likely N-dealkylation sites (N-methyl/N-ethyl adjacent to an activating group) is 1. The third-order valence-corrected chi connectivity index (χ3v) is 20.6. The van der Waals surface area contributed by atoms with Crippen LogP contribution in [-0.4, -0.2) is 541 Å². The molecule has 0 aliphatic carbocycles. The van der Waals surface area contributed by atoms with Gasteiger partial charge in [-0.25, -0.2) is 0 Å². The molecule has 3 rings (SSSR count). The van der Waals surface area contributed by atoms with E-state index in [0.717, 1.165) is 0 Å². The molecule has 7 amide bonds. The highest BCUT2D eigenvalue weighted by atomic mass is 16.4. The van der Waals surface area contributed by atoms with Crippen LogP contribution in [-0.2, 0) is 76.7 Å². The number of carbonyl (C=O) groups is 16. The van der Waals surface area contributed by atoms with E-state index in [9.17, 15) is 123 Å². The van der Waals surface area contributed by atoms with Crippen LogP contribution in [0.1, 0.15) is 55.4 Å². The van der Waals surface area contributed by atoms with Crippen molar-refractivity contribution in [3.63, 3.8) is 0 Å². The Hall–Kier alpha value is -9.00. The van der Waals surface area contributed by atoms with Gasteiger partial charge in [0, 0.05) is 215 Å². The Morgan fingerprint density at radius 2 is 0.374 bits per heavy atom. The number of hydrogen-bond donors (Lipinski definition) is 13. The summed E-state index contributed by atoms with van der Waals surface area (Å²) in [5.74, 6) is -15.4. The van der Waals surface area contributed by atoms with Crippen molar-refractivity contribution in [2.24, 2.45) is 29.1 Å². The van der Waals surface area contributed by atoms with Crippen LogP contribution in [0, 0.1) is 29.1 Å². The highest BCUT2D eigenvalue weighted by molar-refractivity contribution is 5.88. The number of hydrogen-bond acceptors (Lipinski definition) is 29. The predicted molar refractivity (Wildman–Crippen MR) is 447 cm³/mol. The molecule has 0 radical (unpaired) electrons. The van der Waals surface area contributed by atoms with Gasteiger partial charge in [-0.15, -0.1) is 0 Å². The molecule has 45 heteroatoms. The van der Waals surface area contributed by atoms with Gasteiger partial charge in [-0.3, -0.25) is 140 Å². The lowest BCUT2D eigenvalue weighted by Crippen LogP contribution is -2.59. The molecule has 0 unspecified atom stereocenters. The zero-order valence-electron chi connectivity index (χ0n) is 73.5. The molecular formula is C78H140N20O25. The first-order chi connectivity index (χ1) is 57.8. The fourth-order valence-electron chi connectivity index (χ4n) is 14.5. The molecule has 3 fully saturated rings. The van der Waals surface area contributed by atoms with E-state index in [2.05, 4.69) is 21.3 Å². The van der Waals surface area contributed by atoms with E-state index in [-0.39, 0.29) is 253 Å².